The Morgan fingerprint density at radius 3 is 2.74 bits per heavy atom. The summed E-state index contributed by atoms with van der Waals surface area (Å²) in [4.78, 5) is 22.2. The first-order valence-corrected chi connectivity index (χ1v) is 5.66. The number of rotatable bonds is 3. The first-order valence-electron chi connectivity index (χ1n) is 5.66. The second kappa shape index (κ2) is 5.06. The molecule has 2 rings (SSSR count). The zero-order chi connectivity index (χ0) is 14.0. The summed E-state index contributed by atoms with van der Waals surface area (Å²) in [5.74, 6) is -1.53. The summed E-state index contributed by atoms with van der Waals surface area (Å²) in [5.41, 5.74) is 1.27. The number of halogens is 1. The second-order valence-corrected chi connectivity index (χ2v) is 4.26. The molecule has 0 radical (unpaired) electrons. The van der Waals surface area contributed by atoms with Crippen molar-refractivity contribution in [1.29, 1.82) is 0 Å². The maximum atomic E-state index is 13.7. The molecule has 0 fully saturated rings. The predicted octanol–water partition coefficient (Wildman–Crippen LogP) is 2.05. The summed E-state index contributed by atoms with van der Waals surface area (Å²) >= 11 is 0. The number of benzene rings is 1. The van der Waals surface area contributed by atoms with Crippen LogP contribution in [0, 0.1) is 12.7 Å². The smallest absolute Gasteiger partial charge is 0.323 e. The Morgan fingerprint density at radius 1 is 1.32 bits per heavy atom. The van der Waals surface area contributed by atoms with Crippen molar-refractivity contribution < 1.29 is 14.3 Å². The van der Waals surface area contributed by atoms with E-state index in [1.54, 1.807) is 12.1 Å². The molecule has 5 heteroatoms. The molecule has 0 saturated carbocycles. The van der Waals surface area contributed by atoms with Gasteiger partial charge in [-0.25, -0.2) is 4.39 Å². The standard InChI is InChI=1S/C14H12FNO3/c1-9-2-4-12(15)11(6-9)10-3-5-13(17)16(7-10)8-14(18)19/h2-7H,8H2,1H3,(H,18,19). The molecule has 4 nitrogen and oxygen atoms in total. The topological polar surface area (TPSA) is 59.3 Å². The fourth-order valence-corrected chi connectivity index (χ4v) is 1.82. The molecule has 1 aromatic heterocycles. The second-order valence-electron chi connectivity index (χ2n) is 4.26. The molecule has 2 aromatic rings. The SMILES string of the molecule is Cc1ccc(F)c(-c2ccc(=O)n(CC(=O)O)c2)c1. The van der Waals surface area contributed by atoms with Crippen molar-refractivity contribution in [1.82, 2.24) is 4.57 Å². The minimum atomic E-state index is -1.12. The fourth-order valence-electron chi connectivity index (χ4n) is 1.82. The summed E-state index contributed by atoms with van der Waals surface area (Å²) in [6.45, 7) is 1.39. The highest BCUT2D eigenvalue weighted by Gasteiger charge is 2.08. The third-order valence-corrected chi connectivity index (χ3v) is 2.72. The van der Waals surface area contributed by atoms with E-state index in [9.17, 15) is 14.0 Å². The van der Waals surface area contributed by atoms with Gasteiger partial charge in [0, 0.05) is 23.4 Å². The molecule has 0 spiro atoms. The number of carboxylic acid groups (broad SMARTS) is 1. The molecular weight excluding hydrogens is 249 g/mol. The van der Waals surface area contributed by atoms with Crippen LogP contribution in [0.3, 0.4) is 0 Å². The Balaban J connectivity index is 2.54. The molecule has 19 heavy (non-hydrogen) atoms. The summed E-state index contributed by atoms with van der Waals surface area (Å²) in [6, 6.07) is 7.36. The Morgan fingerprint density at radius 2 is 2.05 bits per heavy atom. The van der Waals surface area contributed by atoms with Crippen LogP contribution in [0.5, 0.6) is 0 Å². The number of nitrogens with zero attached hydrogens (tertiary/aromatic N) is 1. The Bertz CT molecular complexity index is 691. The molecule has 0 aliphatic heterocycles. The highest BCUT2D eigenvalue weighted by Crippen LogP contribution is 2.22. The Hall–Kier alpha value is -2.43. The van der Waals surface area contributed by atoms with Gasteiger partial charge in [0.05, 0.1) is 0 Å². The van der Waals surface area contributed by atoms with Gasteiger partial charge in [-0.15, -0.1) is 0 Å². The molecule has 1 N–H and O–H groups in total. The van der Waals surface area contributed by atoms with Crippen molar-refractivity contribution in [3.8, 4) is 11.1 Å². The van der Waals surface area contributed by atoms with E-state index in [0.717, 1.165) is 10.1 Å². The first kappa shape index (κ1) is 13.0. The molecular formula is C14H12FNO3. The number of carboxylic acids is 1. The van der Waals surface area contributed by atoms with Gasteiger partial charge in [-0.05, 0) is 25.1 Å². The predicted molar refractivity (Wildman–Crippen MR) is 68.5 cm³/mol. The summed E-state index contributed by atoms with van der Waals surface area (Å²) in [5, 5.41) is 8.72. The molecule has 0 amide bonds. The highest BCUT2D eigenvalue weighted by molar-refractivity contribution is 5.68. The highest BCUT2D eigenvalue weighted by atomic mass is 19.1. The van der Waals surface area contributed by atoms with E-state index < -0.39 is 23.9 Å². The minimum absolute atomic E-state index is 0.346. The Labute approximate surface area is 108 Å². The van der Waals surface area contributed by atoms with Crippen LogP contribution in [0.4, 0.5) is 4.39 Å². The minimum Gasteiger partial charge on any atom is -0.480 e. The van der Waals surface area contributed by atoms with Gasteiger partial charge in [0.25, 0.3) is 5.56 Å². The monoisotopic (exact) mass is 261 g/mol. The van der Waals surface area contributed by atoms with Crippen molar-refractivity contribution in [3.63, 3.8) is 0 Å². The maximum Gasteiger partial charge on any atom is 0.323 e. The van der Waals surface area contributed by atoms with Crippen molar-refractivity contribution in [2.45, 2.75) is 13.5 Å². The molecule has 0 atom stereocenters. The van der Waals surface area contributed by atoms with E-state index in [1.165, 1.54) is 24.4 Å². The number of aliphatic carboxylic acids is 1. The lowest BCUT2D eigenvalue weighted by molar-refractivity contribution is -0.137. The van der Waals surface area contributed by atoms with E-state index in [-0.39, 0.29) is 0 Å². The van der Waals surface area contributed by atoms with Gasteiger partial charge >= 0.3 is 5.97 Å². The van der Waals surface area contributed by atoms with E-state index >= 15 is 0 Å². The molecule has 98 valence electrons. The van der Waals surface area contributed by atoms with E-state index in [0.29, 0.717) is 11.1 Å². The maximum absolute atomic E-state index is 13.7. The Kier molecular flexibility index (Phi) is 3.46. The van der Waals surface area contributed by atoms with Gasteiger partial charge in [0.1, 0.15) is 12.4 Å². The fraction of sp³-hybridized carbons (Fsp3) is 0.143. The molecule has 0 aliphatic carbocycles. The van der Waals surface area contributed by atoms with Gasteiger partial charge in [0.2, 0.25) is 0 Å². The van der Waals surface area contributed by atoms with Crippen molar-refractivity contribution in [3.05, 3.63) is 58.3 Å². The molecule has 0 saturated heterocycles. The average Bonchev–Trinajstić information content (AvgIpc) is 2.34. The third kappa shape index (κ3) is 2.88. The number of aryl methyl sites for hydroxylation is 1. The van der Waals surface area contributed by atoms with E-state index in [2.05, 4.69) is 0 Å². The largest absolute Gasteiger partial charge is 0.480 e. The molecule has 0 aliphatic rings. The first-order chi connectivity index (χ1) is 8.97. The van der Waals surface area contributed by atoms with Crippen LogP contribution in [0.15, 0.2) is 41.3 Å². The number of hydrogen-bond donors (Lipinski definition) is 1. The molecule has 1 heterocycles. The van der Waals surface area contributed by atoms with Gasteiger partial charge in [-0.1, -0.05) is 11.6 Å². The zero-order valence-electron chi connectivity index (χ0n) is 10.3. The third-order valence-electron chi connectivity index (χ3n) is 2.72. The van der Waals surface area contributed by atoms with Crippen molar-refractivity contribution in [2.75, 3.05) is 0 Å². The quantitative estimate of drug-likeness (QED) is 0.919. The summed E-state index contributed by atoms with van der Waals surface area (Å²) < 4.78 is 14.8. The van der Waals surface area contributed by atoms with Gasteiger partial charge < -0.3 is 9.67 Å². The molecule has 0 bridgehead atoms. The number of carbonyl (C=O) groups is 1. The van der Waals surface area contributed by atoms with Crippen LogP contribution in [-0.2, 0) is 11.3 Å². The van der Waals surface area contributed by atoms with Gasteiger partial charge in [-0.2, -0.15) is 0 Å². The van der Waals surface area contributed by atoms with Crippen molar-refractivity contribution in [2.24, 2.45) is 0 Å². The lowest BCUT2D eigenvalue weighted by Crippen LogP contribution is -2.22. The normalized spacial score (nSPS) is 10.4. The van der Waals surface area contributed by atoms with Crippen LogP contribution in [0.1, 0.15) is 5.56 Å². The number of pyridine rings is 1. The van der Waals surface area contributed by atoms with Crippen molar-refractivity contribution >= 4 is 5.97 Å². The molecule has 1 aromatic carbocycles. The van der Waals surface area contributed by atoms with E-state index in [4.69, 9.17) is 5.11 Å². The summed E-state index contributed by atoms with van der Waals surface area (Å²) in [7, 11) is 0. The van der Waals surface area contributed by atoms with Crippen LogP contribution in [-0.4, -0.2) is 15.6 Å². The lowest BCUT2D eigenvalue weighted by Gasteiger charge is -2.08. The zero-order valence-corrected chi connectivity index (χ0v) is 10.3. The van der Waals surface area contributed by atoms with Gasteiger partial charge in [-0.3, -0.25) is 9.59 Å². The molecule has 0 unspecified atom stereocenters. The van der Waals surface area contributed by atoms with Crippen LogP contribution in [0.25, 0.3) is 11.1 Å². The lowest BCUT2D eigenvalue weighted by atomic mass is 10.0. The van der Waals surface area contributed by atoms with Crippen LogP contribution >= 0.6 is 0 Å². The number of hydrogen-bond acceptors (Lipinski definition) is 2. The summed E-state index contributed by atoms with van der Waals surface area (Å²) in [6.07, 6.45) is 1.36. The van der Waals surface area contributed by atoms with Crippen LogP contribution < -0.4 is 5.56 Å². The average molecular weight is 261 g/mol. The van der Waals surface area contributed by atoms with Crippen LogP contribution in [0.2, 0.25) is 0 Å². The van der Waals surface area contributed by atoms with Gasteiger partial charge in [0.15, 0.2) is 0 Å². The van der Waals surface area contributed by atoms with E-state index in [1.807, 2.05) is 6.92 Å². The number of aromatic nitrogens is 1.